The van der Waals surface area contributed by atoms with Crippen LogP contribution in [0.3, 0.4) is 0 Å². The molecule has 26 heavy (non-hydrogen) atoms. The molecule has 0 radical (unpaired) electrons. The smallest absolute Gasteiger partial charge is 0.252 e. The van der Waals surface area contributed by atoms with Gasteiger partial charge in [-0.1, -0.05) is 30.3 Å². The lowest BCUT2D eigenvalue weighted by Crippen LogP contribution is -2.21. The molecule has 0 spiro atoms. The number of aryl methyl sites for hydroxylation is 1. The summed E-state index contributed by atoms with van der Waals surface area (Å²) in [5, 5.41) is 3.24. The predicted molar refractivity (Wildman–Crippen MR) is 108 cm³/mol. The van der Waals surface area contributed by atoms with E-state index in [4.69, 9.17) is 0 Å². The molecule has 0 saturated carbocycles. The number of benzene rings is 2. The Morgan fingerprint density at radius 2 is 1.77 bits per heavy atom. The van der Waals surface area contributed by atoms with Crippen LogP contribution in [0.4, 0.5) is 17.3 Å². The third-order valence-corrected chi connectivity index (χ3v) is 4.40. The van der Waals surface area contributed by atoms with Crippen molar-refractivity contribution in [3.63, 3.8) is 0 Å². The fourth-order valence-corrected chi connectivity index (χ4v) is 2.97. The normalized spacial score (nSPS) is 10.6. The molecule has 0 amide bonds. The molecule has 5 nitrogen and oxygen atoms in total. The molecular formula is C21H24N4O. The minimum absolute atomic E-state index is 0.182. The van der Waals surface area contributed by atoms with Crippen LogP contribution in [0.2, 0.25) is 0 Å². The van der Waals surface area contributed by atoms with Crippen molar-refractivity contribution < 1.29 is 0 Å². The van der Waals surface area contributed by atoms with Crippen molar-refractivity contribution in [1.82, 2.24) is 9.97 Å². The van der Waals surface area contributed by atoms with Gasteiger partial charge in [0.15, 0.2) is 0 Å². The van der Waals surface area contributed by atoms with Gasteiger partial charge in [-0.05, 0) is 44.5 Å². The summed E-state index contributed by atoms with van der Waals surface area (Å²) in [6, 6.07) is 17.5. The summed E-state index contributed by atoms with van der Waals surface area (Å²) in [5.74, 6) is 0.440. The number of hydrogen-bond acceptors (Lipinski definition) is 4. The van der Waals surface area contributed by atoms with Gasteiger partial charge in [0, 0.05) is 36.1 Å². The molecule has 2 N–H and O–H groups in total. The maximum Gasteiger partial charge on any atom is 0.252 e. The number of hydrogen-bond donors (Lipinski definition) is 2. The summed E-state index contributed by atoms with van der Waals surface area (Å²) in [6.45, 7) is 8.28. The summed E-state index contributed by atoms with van der Waals surface area (Å²) in [7, 11) is 0. The van der Waals surface area contributed by atoms with E-state index in [1.807, 2.05) is 36.4 Å². The first-order valence-corrected chi connectivity index (χ1v) is 8.90. The Kier molecular flexibility index (Phi) is 5.37. The summed E-state index contributed by atoms with van der Waals surface area (Å²) >= 11 is 0. The highest BCUT2D eigenvalue weighted by molar-refractivity contribution is 5.66. The van der Waals surface area contributed by atoms with Crippen molar-refractivity contribution in [2.75, 3.05) is 23.3 Å². The first-order valence-electron chi connectivity index (χ1n) is 8.90. The lowest BCUT2D eigenvalue weighted by molar-refractivity contribution is 0.866. The van der Waals surface area contributed by atoms with E-state index in [-0.39, 0.29) is 5.56 Å². The van der Waals surface area contributed by atoms with Gasteiger partial charge in [-0.25, -0.2) is 4.98 Å². The largest absolute Gasteiger partial charge is 0.372 e. The third kappa shape index (κ3) is 3.94. The molecule has 0 atom stereocenters. The highest BCUT2D eigenvalue weighted by Gasteiger charge is 2.08. The number of nitrogens with one attached hydrogen (secondary N) is 2. The maximum atomic E-state index is 12.0. The van der Waals surface area contributed by atoms with Crippen LogP contribution in [0.5, 0.6) is 0 Å². The van der Waals surface area contributed by atoms with Gasteiger partial charge in [-0.15, -0.1) is 0 Å². The van der Waals surface area contributed by atoms with Crippen molar-refractivity contribution >= 4 is 17.3 Å². The van der Waals surface area contributed by atoms with Crippen molar-refractivity contribution in [3.8, 4) is 11.3 Å². The molecule has 3 aromatic rings. The van der Waals surface area contributed by atoms with Gasteiger partial charge in [0.2, 0.25) is 5.95 Å². The average Bonchev–Trinajstić information content (AvgIpc) is 2.65. The Hall–Kier alpha value is -3.08. The lowest BCUT2D eigenvalue weighted by Gasteiger charge is -2.22. The van der Waals surface area contributed by atoms with E-state index in [2.05, 4.69) is 53.1 Å². The number of aromatic amines is 1. The van der Waals surface area contributed by atoms with Gasteiger partial charge in [0.05, 0.1) is 5.69 Å². The Balaban J connectivity index is 1.90. The summed E-state index contributed by atoms with van der Waals surface area (Å²) in [6.07, 6.45) is 0. The van der Waals surface area contributed by atoms with E-state index in [0.29, 0.717) is 11.6 Å². The molecule has 1 aromatic heterocycles. The number of aromatic nitrogens is 2. The topological polar surface area (TPSA) is 61.0 Å². The molecule has 0 saturated heterocycles. The van der Waals surface area contributed by atoms with Gasteiger partial charge in [-0.3, -0.25) is 9.78 Å². The molecule has 5 heteroatoms. The summed E-state index contributed by atoms with van der Waals surface area (Å²) < 4.78 is 0. The molecule has 0 aliphatic heterocycles. The van der Waals surface area contributed by atoms with Crippen molar-refractivity contribution in [2.24, 2.45) is 0 Å². The van der Waals surface area contributed by atoms with Gasteiger partial charge in [0.1, 0.15) is 0 Å². The van der Waals surface area contributed by atoms with Crippen LogP contribution in [0, 0.1) is 6.92 Å². The first-order chi connectivity index (χ1) is 12.6. The van der Waals surface area contributed by atoms with E-state index in [1.165, 1.54) is 11.8 Å². The third-order valence-electron chi connectivity index (χ3n) is 4.40. The summed E-state index contributed by atoms with van der Waals surface area (Å²) in [5.41, 5.74) is 4.59. The number of anilines is 3. The van der Waals surface area contributed by atoms with Gasteiger partial charge in [-0.2, -0.15) is 0 Å². The van der Waals surface area contributed by atoms with E-state index in [9.17, 15) is 4.79 Å². The predicted octanol–water partition coefficient (Wildman–Crippen LogP) is 4.34. The van der Waals surface area contributed by atoms with Gasteiger partial charge >= 0.3 is 0 Å². The highest BCUT2D eigenvalue weighted by atomic mass is 16.1. The van der Waals surface area contributed by atoms with E-state index in [0.717, 1.165) is 29.9 Å². The SMILES string of the molecule is CCN(CC)c1ccc(Nc2nc(-c3ccccc3)cc(=O)[nH]2)c(C)c1. The standard InChI is InChI=1S/C21H24N4O/c1-4-25(5-2)17-11-12-18(15(3)13-17)22-21-23-19(14-20(26)24-21)16-9-7-6-8-10-16/h6-14H,4-5H2,1-3H3,(H2,22,23,24,26). The lowest BCUT2D eigenvalue weighted by atomic mass is 10.1. The molecule has 0 unspecified atom stereocenters. The highest BCUT2D eigenvalue weighted by Crippen LogP contribution is 2.25. The van der Waals surface area contributed by atoms with E-state index < -0.39 is 0 Å². The van der Waals surface area contributed by atoms with Crippen LogP contribution >= 0.6 is 0 Å². The monoisotopic (exact) mass is 348 g/mol. The van der Waals surface area contributed by atoms with E-state index >= 15 is 0 Å². The molecule has 3 rings (SSSR count). The number of rotatable bonds is 6. The molecule has 0 aliphatic carbocycles. The van der Waals surface area contributed by atoms with Crippen LogP contribution < -0.4 is 15.8 Å². The minimum atomic E-state index is -0.182. The van der Waals surface area contributed by atoms with Crippen LogP contribution in [0.25, 0.3) is 11.3 Å². The Bertz CT molecular complexity index is 930. The quantitative estimate of drug-likeness (QED) is 0.696. The second-order valence-corrected chi connectivity index (χ2v) is 6.14. The molecule has 0 bridgehead atoms. The molecular weight excluding hydrogens is 324 g/mol. The Morgan fingerprint density at radius 1 is 1.04 bits per heavy atom. The zero-order chi connectivity index (χ0) is 18.5. The zero-order valence-electron chi connectivity index (χ0n) is 15.4. The van der Waals surface area contributed by atoms with Crippen LogP contribution in [0.1, 0.15) is 19.4 Å². The zero-order valence-corrected chi connectivity index (χ0v) is 15.4. The minimum Gasteiger partial charge on any atom is -0.372 e. The van der Waals surface area contributed by atoms with E-state index in [1.54, 1.807) is 0 Å². The fourth-order valence-electron chi connectivity index (χ4n) is 2.97. The first kappa shape index (κ1) is 17.7. The van der Waals surface area contributed by atoms with Crippen LogP contribution in [-0.4, -0.2) is 23.1 Å². The fraction of sp³-hybridized carbons (Fsp3) is 0.238. The van der Waals surface area contributed by atoms with Gasteiger partial charge in [0.25, 0.3) is 5.56 Å². The molecule has 134 valence electrons. The maximum absolute atomic E-state index is 12.0. The average molecular weight is 348 g/mol. The molecule has 2 aromatic carbocycles. The second-order valence-electron chi connectivity index (χ2n) is 6.14. The second kappa shape index (κ2) is 7.87. The van der Waals surface area contributed by atoms with Crippen LogP contribution in [-0.2, 0) is 0 Å². The van der Waals surface area contributed by atoms with Crippen molar-refractivity contribution in [3.05, 3.63) is 70.5 Å². The van der Waals surface area contributed by atoms with Crippen LogP contribution in [0.15, 0.2) is 59.4 Å². The Labute approximate surface area is 153 Å². The van der Waals surface area contributed by atoms with Crippen molar-refractivity contribution in [1.29, 1.82) is 0 Å². The number of nitrogens with zero attached hydrogens (tertiary/aromatic N) is 2. The molecule has 0 aliphatic rings. The Morgan fingerprint density at radius 3 is 2.42 bits per heavy atom. The van der Waals surface area contributed by atoms with Crippen molar-refractivity contribution in [2.45, 2.75) is 20.8 Å². The number of H-pyrrole nitrogens is 1. The van der Waals surface area contributed by atoms with Gasteiger partial charge < -0.3 is 10.2 Å². The molecule has 0 fully saturated rings. The summed E-state index contributed by atoms with van der Waals surface area (Å²) in [4.78, 5) is 21.7. The molecule has 1 heterocycles.